The Morgan fingerprint density at radius 3 is 2.62 bits per heavy atom. The molecule has 2 rings (SSSR count). The Bertz CT molecular complexity index is 644. The molecule has 112 valence electrons. The lowest BCUT2D eigenvalue weighted by Gasteiger charge is -2.13. The maximum absolute atomic E-state index is 13.3. The number of nitrogens with zero attached hydrogens (tertiary/aromatic N) is 2. The van der Waals surface area contributed by atoms with Crippen molar-refractivity contribution in [2.45, 2.75) is 33.6 Å². The summed E-state index contributed by atoms with van der Waals surface area (Å²) in [7, 11) is 0. The Morgan fingerprint density at radius 2 is 2.00 bits per heavy atom. The normalized spacial score (nSPS) is 10.7. The summed E-state index contributed by atoms with van der Waals surface area (Å²) >= 11 is 5.84. The summed E-state index contributed by atoms with van der Waals surface area (Å²) in [5.41, 5.74) is 2.76. The monoisotopic (exact) mass is 307 g/mol. The van der Waals surface area contributed by atoms with E-state index in [-0.39, 0.29) is 5.02 Å². The molecule has 21 heavy (non-hydrogen) atoms. The fraction of sp³-hybridized carbons (Fsp3) is 0.375. The number of halogens is 2. The number of aryl methyl sites for hydroxylation is 1. The molecule has 0 bridgehead atoms. The van der Waals surface area contributed by atoms with Crippen molar-refractivity contribution >= 4 is 17.4 Å². The van der Waals surface area contributed by atoms with Crippen molar-refractivity contribution in [2.24, 2.45) is 0 Å². The summed E-state index contributed by atoms with van der Waals surface area (Å²) in [6.45, 7) is 7.00. The second-order valence-corrected chi connectivity index (χ2v) is 5.28. The topological polar surface area (TPSA) is 37.8 Å². The zero-order chi connectivity index (χ0) is 15.4. The van der Waals surface area contributed by atoms with Gasteiger partial charge in [0.1, 0.15) is 11.6 Å². The number of benzene rings is 1. The van der Waals surface area contributed by atoms with Crippen LogP contribution in [-0.4, -0.2) is 16.5 Å². The smallest absolute Gasteiger partial charge is 0.161 e. The van der Waals surface area contributed by atoms with E-state index in [1.807, 2.05) is 6.92 Å². The number of anilines is 1. The van der Waals surface area contributed by atoms with Crippen LogP contribution in [-0.2, 0) is 6.42 Å². The van der Waals surface area contributed by atoms with Crippen molar-refractivity contribution in [3.05, 3.63) is 40.3 Å². The molecule has 5 heteroatoms. The van der Waals surface area contributed by atoms with Crippen molar-refractivity contribution in [1.29, 1.82) is 0 Å². The van der Waals surface area contributed by atoms with Crippen LogP contribution >= 0.6 is 11.6 Å². The van der Waals surface area contributed by atoms with Gasteiger partial charge in [0, 0.05) is 23.4 Å². The lowest BCUT2D eigenvalue weighted by atomic mass is 10.1. The van der Waals surface area contributed by atoms with E-state index in [2.05, 4.69) is 29.1 Å². The molecule has 1 heterocycles. The molecule has 0 unspecified atom stereocenters. The molecule has 0 radical (unpaired) electrons. The molecule has 0 saturated heterocycles. The standard InChI is InChI=1S/C16H19ClFN3/c1-4-8-19-16-12(5-2)10(3)20-15(21-16)11-6-7-14(18)13(17)9-11/h6-7,9H,4-5,8H2,1-3H3,(H,19,20,21). The molecule has 2 aromatic rings. The van der Waals surface area contributed by atoms with Crippen LogP contribution in [0.15, 0.2) is 18.2 Å². The van der Waals surface area contributed by atoms with E-state index in [0.717, 1.165) is 36.5 Å². The highest BCUT2D eigenvalue weighted by atomic mass is 35.5. The van der Waals surface area contributed by atoms with Gasteiger partial charge in [0.25, 0.3) is 0 Å². The molecule has 0 aliphatic carbocycles. The lowest BCUT2D eigenvalue weighted by Crippen LogP contribution is -2.09. The summed E-state index contributed by atoms with van der Waals surface area (Å²) < 4.78 is 13.3. The number of hydrogen-bond donors (Lipinski definition) is 1. The third-order valence-electron chi connectivity index (χ3n) is 3.29. The van der Waals surface area contributed by atoms with Crippen molar-refractivity contribution in [3.63, 3.8) is 0 Å². The fourth-order valence-electron chi connectivity index (χ4n) is 2.17. The Labute approximate surface area is 129 Å². The van der Waals surface area contributed by atoms with E-state index < -0.39 is 5.82 Å². The first-order chi connectivity index (χ1) is 10.1. The van der Waals surface area contributed by atoms with Gasteiger partial charge in [-0.05, 0) is 38.0 Å². The van der Waals surface area contributed by atoms with Crippen molar-refractivity contribution in [2.75, 3.05) is 11.9 Å². The number of nitrogens with one attached hydrogen (secondary N) is 1. The molecule has 0 saturated carbocycles. The van der Waals surface area contributed by atoms with Crippen LogP contribution in [0.5, 0.6) is 0 Å². The number of hydrogen-bond acceptors (Lipinski definition) is 3. The van der Waals surface area contributed by atoms with Crippen LogP contribution in [0.25, 0.3) is 11.4 Å². The second kappa shape index (κ2) is 6.85. The molecular weight excluding hydrogens is 289 g/mol. The van der Waals surface area contributed by atoms with Gasteiger partial charge in [-0.2, -0.15) is 0 Å². The first-order valence-corrected chi connectivity index (χ1v) is 7.51. The van der Waals surface area contributed by atoms with E-state index in [9.17, 15) is 4.39 Å². The van der Waals surface area contributed by atoms with Crippen LogP contribution in [0.4, 0.5) is 10.2 Å². The summed E-state index contributed by atoms with van der Waals surface area (Å²) in [5, 5.41) is 3.41. The maximum Gasteiger partial charge on any atom is 0.161 e. The van der Waals surface area contributed by atoms with E-state index in [1.54, 1.807) is 12.1 Å². The van der Waals surface area contributed by atoms with E-state index >= 15 is 0 Å². The summed E-state index contributed by atoms with van der Waals surface area (Å²) in [5.74, 6) is 0.971. The van der Waals surface area contributed by atoms with E-state index in [4.69, 9.17) is 11.6 Å². The number of rotatable bonds is 5. The third-order valence-corrected chi connectivity index (χ3v) is 3.58. The molecular formula is C16H19ClFN3. The Morgan fingerprint density at radius 1 is 1.24 bits per heavy atom. The molecule has 0 aliphatic heterocycles. The zero-order valence-electron chi connectivity index (χ0n) is 12.5. The van der Waals surface area contributed by atoms with Crippen molar-refractivity contribution < 1.29 is 4.39 Å². The largest absolute Gasteiger partial charge is 0.370 e. The Kier molecular flexibility index (Phi) is 5.12. The van der Waals surface area contributed by atoms with E-state index in [0.29, 0.717) is 11.4 Å². The van der Waals surface area contributed by atoms with E-state index in [1.165, 1.54) is 6.07 Å². The summed E-state index contributed by atoms with van der Waals surface area (Å²) in [4.78, 5) is 9.10. The van der Waals surface area contributed by atoms with Gasteiger partial charge in [-0.25, -0.2) is 14.4 Å². The molecule has 1 N–H and O–H groups in total. The van der Waals surface area contributed by atoms with Crippen LogP contribution in [0.1, 0.15) is 31.5 Å². The van der Waals surface area contributed by atoms with Crippen LogP contribution in [0.2, 0.25) is 5.02 Å². The SMILES string of the molecule is CCCNc1nc(-c2ccc(F)c(Cl)c2)nc(C)c1CC. The number of aromatic nitrogens is 2. The maximum atomic E-state index is 13.3. The first kappa shape index (κ1) is 15.7. The van der Waals surface area contributed by atoms with Crippen molar-refractivity contribution in [1.82, 2.24) is 9.97 Å². The van der Waals surface area contributed by atoms with Gasteiger partial charge >= 0.3 is 0 Å². The molecule has 1 aromatic heterocycles. The molecule has 0 spiro atoms. The summed E-state index contributed by atoms with van der Waals surface area (Å²) in [6, 6.07) is 4.54. The second-order valence-electron chi connectivity index (χ2n) is 4.87. The summed E-state index contributed by atoms with van der Waals surface area (Å²) in [6.07, 6.45) is 1.88. The van der Waals surface area contributed by atoms with Crippen LogP contribution in [0, 0.1) is 12.7 Å². The Balaban J connectivity index is 2.48. The van der Waals surface area contributed by atoms with Crippen LogP contribution in [0.3, 0.4) is 0 Å². The molecule has 0 aliphatic rings. The predicted molar refractivity (Wildman–Crippen MR) is 85.3 cm³/mol. The minimum Gasteiger partial charge on any atom is -0.370 e. The molecule has 3 nitrogen and oxygen atoms in total. The molecule has 0 fully saturated rings. The van der Waals surface area contributed by atoms with Crippen LogP contribution < -0.4 is 5.32 Å². The average molecular weight is 308 g/mol. The zero-order valence-corrected chi connectivity index (χ0v) is 13.3. The van der Waals surface area contributed by atoms with Gasteiger partial charge in [0.05, 0.1) is 5.02 Å². The third kappa shape index (κ3) is 3.50. The molecule has 0 amide bonds. The highest BCUT2D eigenvalue weighted by Crippen LogP contribution is 2.26. The quantitative estimate of drug-likeness (QED) is 0.875. The highest BCUT2D eigenvalue weighted by molar-refractivity contribution is 6.31. The minimum atomic E-state index is -0.438. The predicted octanol–water partition coefficient (Wildman–Crippen LogP) is 4.63. The fourth-order valence-corrected chi connectivity index (χ4v) is 2.35. The minimum absolute atomic E-state index is 0.0800. The Hall–Kier alpha value is -1.68. The molecule has 1 aromatic carbocycles. The lowest BCUT2D eigenvalue weighted by molar-refractivity contribution is 0.628. The average Bonchev–Trinajstić information content (AvgIpc) is 2.47. The van der Waals surface area contributed by atoms with Gasteiger partial charge in [-0.3, -0.25) is 0 Å². The van der Waals surface area contributed by atoms with Crippen molar-refractivity contribution in [3.8, 4) is 11.4 Å². The highest BCUT2D eigenvalue weighted by Gasteiger charge is 2.12. The van der Waals surface area contributed by atoms with Gasteiger partial charge in [-0.15, -0.1) is 0 Å². The molecule has 0 atom stereocenters. The first-order valence-electron chi connectivity index (χ1n) is 7.13. The van der Waals surface area contributed by atoms with Gasteiger partial charge in [0.2, 0.25) is 0 Å². The van der Waals surface area contributed by atoms with Gasteiger partial charge < -0.3 is 5.32 Å². The van der Waals surface area contributed by atoms with Gasteiger partial charge in [0.15, 0.2) is 5.82 Å². The van der Waals surface area contributed by atoms with Gasteiger partial charge in [-0.1, -0.05) is 25.4 Å².